The molecule has 12 heavy (non-hydrogen) atoms. The lowest BCUT2D eigenvalue weighted by Crippen LogP contribution is -2.00. The van der Waals surface area contributed by atoms with Crippen LogP contribution in [0.3, 0.4) is 0 Å². The highest BCUT2D eigenvalue weighted by Crippen LogP contribution is 2.02. The van der Waals surface area contributed by atoms with Crippen LogP contribution in [0, 0.1) is 0 Å². The predicted octanol–water partition coefficient (Wildman–Crippen LogP) is 2.20. The van der Waals surface area contributed by atoms with Gasteiger partial charge in [0.15, 0.2) is 5.78 Å². The number of thiol groups is 1. The first-order valence-corrected chi connectivity index (χ1v) is 4.53. The van der Waals surface area contributed by atoms with Crippen LogP contribution in [0.25, 0.3) is 0 Å². The average Bonchev–Trinajstić information content (AvgIpc) is 1.84. The van der Waals surface area contributed by atoms with E-state index in [2.05, 4.69) is 12.6 Å². The van der Waals surface area contributed by atoms with Gasteiger partial charge in [-0.05, 0) is 20.3 Å². The number of ether oxygens (including phenoxy) is 1. The summed E-state index contributed by atoms with van der Waals surface area (Å²) in [5, 5.41) is 0.343. The number of carbonyl (C=O) groups excluding carboxylic acids is 1. The molecule has 3 heteroatoms. The van der Waals surface area contributed by atoms with Gasteiger partial charge in [0.25, 0.3) is 0 Å². The molecule has 0 fully saturated rings. The van der Waals surface area contributed by atoms with Crippen LogP contribution >= 0.6 is 12.6 Å². The fourth-order valence-electron chi connectivity index (χ4n) is 0.718. The second-order valence-electron chi connectivity index (χ2n) is 2.85. The van der Waals surface area contributed by atoms with E-state index in [4.69, 9.17) is 4.74 Å². The summed E-state index contributed by atoms with van der Waals surface area (Å²) in [6, 6.07) is 0. The second-order valence-corrected chi connectivity index (χ2v) is 3.73. The van der Waals surface area contributed by atoms with Crippen molar-refractivity contribution in [3.05, 3.63) is 11.8 Å². The molecular weight excluding hydrogens is 172 g/mol. The van der Waals surface area contributed by atoms with E-state index in [9.17, 15) is 4.79 Å². The van der Waals surface area contributed by atoms with Gasteiger partial charge in [0, 0.05) is 11.3 Å². The molecule has 0 saturated carbocycles. The molecule has 1 unspecified atom stereocenters. The van der Waals surface area contributed by atoms with E-state index in [0.29, 0.717) is 17.6 Å². The summed E-state index contributed by atoms with van der Waals surface area (Å²) < 4.78 is 5.26. The van der Waals surface area contributed by atoms with Gasteiger partial charge < -0.3 is 4.74 Å². The van der Waals surface area contributed by atoms with Crippen LogP contribution in [0.2, 0.25) is 0 Å². The van der Waals surface area contributed by atoms with Crippen molar-refractivity contribution < 1.29 is 9.53 Å². The van der Waals surface area contributed by atoms with Gasteiger partial charge in [-0.1, -0.05) is 6.92 Å². The molecule has 2 nitrogen and oxygen atoms in total. The van der Waals surface area contributed by atoms with Crippen LogP contribution in [0.5, 0.6) is 0 Å². The molecule has 0 aliphatic rings. The summed E-state index contributed by atoms with van der Waals surface area (Å²) in [5.74, 6) is 0.697. The second kappa shape index (κ2) is 6.12. The smallest absolute Gasteiger partial charge is 0.155 e. The fraction of sp³-hybridized carbons (Fsp3) is 0.667. The molecule has 0 radical (unpaired) electrons. The third-order valence-corrected chi connectivity index (χ3v) is 1.53. The van der Waals surface area contributed by atoms with E-state index in [1.807, 2.05) is 6.92 Å². The largest absolute Gasteiger partial charge is 0.498 e. The Hall–Kier alpha value is -0.440. The van der Waals surface area contributed by atoms with Gasteiger partial charge in [0.05, 0.1) is 12.4 Å². The van der Waals surface area contributed by atoms with E-state index >= 15 is 0 Å². The Morgan fingerprint density at radius 1 is 1.58 bits per heavy atom. The van der Waals surface area contributed by atoms with E-state index in [0.717, 1.165) is 6.42 Å². The van der Waals surface area contributed by atoms with Gasteiger partial charge >= 0.3 is 0 Å². The van der Waals surface area contributed by atoms with E-state index < -0.39 is 0 Å². The molecule has 0 N–H and O–H groups in total. The lowest BCUT2D eigenvalue weighted by atomic mass is 10.3. The number of hydrogen-bond donors (Lipinski definition) is 1. The highest BCUT2D eigenvalue weighted by Gasteiger charge is 1.96. The minimum Gasteiger partial charge on any atom is -0.498 e. The van der Waals surface area contributed by atoms with Crippen molar-refractivity contribution in [1.29, 1.82) is 0 Å². The van der Waals surface area contributed by atoms with Gasteiger partial charge in [-0.15, -0.1) is 0 Å². The first kappa shape index (κ1) is 11.6. The summed E-state index contributed by atoms with van der Waals surface area (Å²) >= 11 is 4.20. The lowest BCUT2D eigenvalue weighted by molar-refractivity contribution is -0.112. The third-order valence-electron chi connectivity index (χ3n) is 1.27. The zero-order valence-electron chi connectivity index (χ0n) is 7.83. The summed E-state index contributed by atoms with van der Waals surface area (Å²) in [7, 11) is 0. The fourth-order valence-corrected chi connectivity index (χ4v) is 0.824. The number of rotatable bonds is 5. The number of ketones is 1. The van der Waals surface area contributed by atoms with Crippen LogP contribution in [-0.2, 0) is 9.53 Å². The summed E-state index contributed by atoms with van der Waals surface area (Å²) in [4.78, 5) is 10.6. The molecule has 0 amide bonds. The van der Waals surface area contributed by atoms with Gasteiger partial charge in [0.1, 0.15) is 0 Å². The maximum atomic E-state index is 10.6. The van der Waals surface area contributed by atoms with Crippen molar-refractivity contribution >= 4 is 18.4 Å². The highest BCUT2D eigenvalue weighted by molar-refractivity contribution is 7.80. The number of carbonyl (C=O) groups is 1. The minimum absolute atomic E-state index is 0.0198. The van der Waals surface area contributed by atoms with E-state index in [1.165, 1.54) is 13.0 Å². The molecule has 0 rings (SSSR count). The highest BCUT2D eigenvalue weighted by atomic mass is 32.1. The van der Waals surface area contributed by atoms with Gasteiger partial charge in [-0.2, -0.15) is 12.6 Å². The minimum atomic E-state index is 0.0198. The standard InChI is InChI=1S/C9H16O2S/c1-7(10)6-8(2)11-5-4-9(3)12/h6,9,12H,4-5H2,1-3H3/b8-6-. The Bertz CT molecular complexity index is 173. The van der Waals surface area contributed by atoms with Crippen LogP contribution in [0.15, 0.2) is 11.8 Å². The number of allylic oxidation sites excluding steroid dienone is 2. The number of hydrogen-bond acceptors (Lipinski definition) is 3. The predicted molar refractivity (Wildman–Crippen MR) is 53.5 cm³/mol. The molecule has 0 aromatic carbocycles. The van der Waals surface area contributed by atoms with Gasteiger partial charge in [-0.25, -0.2) is 0 Å². The zero-order valence-corrected chi connectivity index (χ0v) is 8.73. The Morgan fingerprint density at radius 3 is 2.58 bits per heavy atom. The quantitative estimate of drug-likeness (QED) is 0.407. The molecule has 0 saturated heterocycles. The van der Waals surface area contributed by atoms with Gasteiger partial charge in [0.2, 0.25) is 0 Å². The van der Waals surface area contributed by atoms with Crippen molar-refractivity contribution in [2.45, 2.75) is 32.4 Å². The van der Waals surface area contributed by atoms with E-state index in [1.54, 1.807) is 6.92 Å². The van der Waals surface area contributed by atoms with Crippen LogP contribution in [-0.4, -0.2) is 17.6 Å². The Balaban J connectivity index is 3.57. The van der Waals surface area contributed by atoms with Crippen LogP contribution in [0.1, 0.15) is 27.2 Å². The van der Waals surface area contributed by atoms with Crippen LogP contribution < -0.4 is 0 Å². The topological polar surface area (TPSA) is 26.3 Å². The molecule has 1 atom stereocenters. The molecular formula is C9H16O2S. The van der Waals surface area contributed by atoms with Crippen molar-refractivity contribution in [2.24, 2.45) is 0 Å². The van der Waals surface area contributed by atoms with Crippen molar-refractivity contribution in [2.75, 3.05) is 6.61 Å². The van der Waals surface area contributed by atoms with Gasteiger partial charge in [-0.3, -0.25) is 4.79 Å². The maximum absolute atomic E-state index is 10.6. The Labute approximate surface area is 79.4 Å². The average molecular weight is 188 g/mol. The molecule has 0 bridgehead atoms. The van der Waals surface area contributed by atoms with E-state index in [-0.39, 0.29) is 5.78 Å². The third kappa shape index (κ3) is 7.66. The summed E-state index contributed by atoms with van der Waals surface area (Å²) in [6.45, 7) is 5.93. The van der Waals surface area contributed by atoms with Crippen molar-refractivity contribution in [3.8, 4) is 0 Å². The zero-order chi connectivity index (χ0) is 9.56. The lowest BCUT2D eigenvalue weighted by Gasteiger charge is -2.06. The molecule has 0 spiro atoms. The first-order valence-electron chi connectivity index (χ1n) is 4.02. The SMILES string of the molecule is CC(=O)/C=C(/C)OCCC(C)S. The molecule has 0 aromatic rings. The summed E-state index contributed by atoms with van der Waals surface area (Å²) in [6.07, 6.45) is 2.38. The monoisotopic (exact) mass is 188 g/mol. The van der Waals surface area contributed by atoms with Crippen molar-refractivity contribution in [1.82, 2.24) is 0 Å². The Kier molecular flexibility index (Phi) is 5.89. The molecule has 0 aromatic heterocycles. The summed E-state index contributed by atoms with van der Waals surface area (Å²) in [5.41, 5.74) is 0. The normalized spacial score (nSPS) is 14.2. The molecule has 0 aliphatic carbocycles. The Morgan fingerprint density at radius 2 is 2.17 bits per heavy atom. The molecule has 70 valence electrons. The van der Waals surface area contributed by atoms with Crippen LogP contribution in [0.4, 0.5) is 0 Å². The van der Waals surface area contributed by atoms with Crippen molar-refractivity contribution in [3.63, 3.8) is 0 Å². The first-order chi connectivity index (χ1) is 5.52. The molecule has 0 aliphatic heterocycles. The maximum Gasteiger partial charge on any atom is 0.155 e. The molecule has 0 heterocycles.